The number of nitrogens with one attached hydrogen (secondary N) is 1. The van der Waals surface area contributed by atoms with E-state index in [0.717, 1.165) is 41.1 Å². The van der Waals surface area contributed by atoms with Gasteiger partial charge in [0.25, 0.3) is 10.0 Å². The summed E-state index contributed by atoms with van der Waals surface area (Å²) in [6, 6.07) is 17.0. The molecule has 0 aliphatic heterocycles. The minimum Gasteiger partial charge on any atom is -0.352 e. The molecule has 5 nitrogen and oxygen atoms in total. The fraction of sp³-hybridized carbons (Fsp3) is 0.0833. The van der Waals surface area contributed by atoms with Crippen LogP contribution < -0.4 is 5.32 Å². The maximum Gasteiger partial charge on any atom is 0.282 e. The van der Waals surface area contributed by atoms with Crippen LogP contribution in [0, 0.1) is 19.7 Å². The van der Waals surface area contributed by atoms with Crippen LogP contribution in [0.4, 0.5) is 10.1 Å². The first kappa shape index (κ1) is 20.7. The maximum atomic E-state index is 13.2. The highest BCUT2D eigenvalue weighted by atomic mass is 32.2. The van der Waals surface area contributed by atoms with Gasteiger partial charge in [-0.05, 0) is 61.4 Å². The van der Waals surface area contributed by atoms with Crippen LogP contribution in [-0.2, 0) is 10.0 Å². The lowest BCUT2D eigenvalue weighted by atomic mass is 9.92. The van der Waals surface area contributed by atoms with Gasteiger partial charge in [-0.3, -0.25) is 4.79 Å². The highest BCUT2D eigenvalue weighted by molar-refractivity contribution is 7.90. The van der Waals surface area contributed by atoms with Crippen molar-refractivity contribution >= 4 is 27.2 Å². The van der Waals surface area contributed by atoms with Crippen molar-refractivity contribution in [3.8, 4) is 0 Å². The van der Waals surface area contributed by atoms with Crippen LogP contribution in [0.25, 0.3) is 0 Å². The molecule has 1 aliphatic carbocycles. The molecule has 156 valence electrons. The number of carbonyl (C=O) groups excluding carboxylic acids is 1. The van der Waals surface area contributed by atoms with E-state index in [2.05, 4.69) is 9.71 Å². The first-order valence-electron chi connectivity index (χ1n) is 9.55. The van der Waals surface area contributed by atoms with E-state index >= 15 is 0 Å². The minimum atomic E-state index is -4.11. The second-order valence-electron chi connectivity index (χ2n) is 7.28. The first-order chi connectivity index (χ1) is 14.7. The topological polar surface area (TPSA) is 75.6 Å². The Morgan fingerprint density at radius 1 is 0.903 bits per heavy atom. The average molecular weight is 434 g/mol. The average Bonchev–Trinajstić information content (AvgIpc) is 2.74. The number of hydrogen-bond donors (Lipinski definition) is 1. The Kier molecular flexibility index (Phi) is 5.29. The Labute approximate surface area is 180 Å². The van der Waals surface area contributed by atoms with Gasteiger partial charge in [0.2, 0.25) is 5.78 Å². The summed E-state index contributed by atoms with van der Waals surface area (Å²) < 4.78 is 42.8. The van der Waals surface area contributed by atoms with Crippen LogP contribution in [-0.4, -0.2) is 19.9 Å². The van der Waals surface area contributed by atoms with Crippen molar-refractivity contribution < 1.29 is 17.6 Å². The van der Waals surface area contributed by atoms with E-state index in [-0.39, 0.29) is 22.1 Å². The molecule has 1 aliphatic rings. The maximum absolute atomic E-state index is 13.2. The monoisotopic (exact) mass is 434 g/mol. The Bertz CT molecular complexity index is 1360. The number of allylic oxidation sites excluding steroid dienone is 2. The number of aryl methyl sites for hydroxylation is 2. The molecule has 1 N–H and O–H groups in total. The summed E-state index contributed by atoms with van der Waals surface area (Å²) in [6.45, 7) is 3.86. The first-order valence-corrected chi connectivity index (χ1v) is 11.0. The lowest BCUT2D eigenvalue weighted by Gasteiger charge is -2.20. The van der Waals surface area contributed by atoms with E-state index in [9.17, 15) is 17.6 Å². The molecule has 3 aromatic carbocycles. The lowest BCUT2D eigenvalue weighted by molar-refractivity contribution is 0.103. The summed E-state index contributed by atoms with van der Waals surface area (Å²) in [5.41, 5.74) is 3.84. The third-order valence-corrected chi connectivity index (χ3v) is 6.27. The van der Waals surface area contributed by atoms with Gasteiger partial charge in [0, 0.05) is 16.8 Å². The van der Waals surface area contributed by atoms with E-state index < -0.39 is 15.8 Å². The van der Waals surface area contributed by atoms with E-state index in [0.29, 0.717) is 11.1 Å². The molecule has 31 heavy (non-hydrogen) atoms. The Hall–Kier alpha value is -3.58. The predicted octanol–water partition coefficient (Wildman–Crippen LogP) is 4.81. The van der Waals surface area contributed by atoms with Gasteiger partial charge >= 0.3 is 0 Å². The number of anilines is 1. The zero-order valence-electron chi connectivity index (χ0n) is 16.9. The number of Topliss-reactive ketones (excluding diaryl/α,β-unsaturated/α-hetero) is 1. The van der Waals surface area contributed by atoms with E-state index in [1.807, 2.05) is 32.0 Å². The van der Waals surface area contributed by atoms with Gasteiger partial charge in [-0.15, -0.1) is 0 Å². The number of sulfonamides is 1. The summed E-state index contributed by atoms with van der Waals surface area (Å²) in [7, 11) is -4.11. The number of benzene rings is 3. The van der Waals surface area contributed by atoms with Gasteiger partial charge in [0.05, 0.1) is 16.3 Å². The SMILES string of the molecule is Cc1ccc(C)c(NC2=C/C(=N\S(=O)(=O)c3ccc(F)cc3)c3ccccc3C2=O)c1. The number of hydrogen-bond acceptors (Lipinski definition) is 4. The van der Waals surface area contributed by atoms with Crippen LogP contribution >= 0.6 is 0 Å². The molecule has 4 rings (SSSR count). The van der Waals surface area contributed by atoms with Crippen molar-refractivity contribution in [1.82, 2.24) is 0 Å². The molecule has 7 heteroatoms. The van der Waals surface area contributed by atoms with Crippen molar-refractivity contribution in [1.29, 1.82) is 0 Å². The molecule has 0 aromatic heterocycles. The Balaban J connectivity index is 1.83. The van der Waals surface area contributed by atoms with Crippen molar-refractivity contribution in [2.24, 2.45) is 4.40 Å². The molecule has 0 radical (unpaired) electrons. The molecule has 0 bridgehead atoms. The molecular weight excluding hydrogens is 415 g/mol. The number of nitrogens with zero attached hydrogens (tertiary/aromatic N) is 1. The summed E-state index contributed by atoms with van der Waals surface area (Å²) >= 11 is 0. The fourth-order valence-corrected chi connectivity index (χ4v) is 4.30. The van der Waals surface area contributed by atoms with Crippen LogP contribution in [0.2, 0.25) is 0 Å². The van der Waals surface area contributed by atoms with Gasteiger partial charge in [-0.25, -0.2) is 4.39 Å². The van der Waals surface area contributed by atoms with Gasteiger partial charge in [0.15, 0.2) is 0 Å². The summed E-state index contributed by atoms with van der Waals surface area (Å²) in [5.74, 6) is -0.797. The molecular formula is C24H19FN2O3S. The highest BCUT2D eigenvalue weighted by Gasteiger charge is 2.26. The molecule has 0 atom stereocenters. The quantitative estimate of drug-likeness (QED) is 0.639. The number of ketones is 1. The molecule has 0 amide bonds. The van der Waals surface area contributed by atoms with E-state index in [1.165, 1.54) is 6.08 Å². The molecule has 0 unspecified atom stereocenters. The normalized spacial score (nSPS) is 14.9. The summed E-state index contributed by atoms with van der Waals surface area (Å²) in [4.78, 5) is 12.9. The van der Waals surface area contributed by atoms with Crippen molar-refractivity contribution in [3.05, 3.63) is 107 Å². The number of fused-ring (bicyclic) bond motifs is 1. The molecule has 0 fully saturated rings. The number of carbonyl (C=O) groups is 1. The van der Waals surface area contributed by atoms with Gasteiger partial charge in [0.1, 0.15) is 5.82 Å². The largest absolute Gasteiger partial charge is 0.352 e. The number of rotatable bonds is 4. The van der Waals surface area contributed by atoms with Crippen molar-refractivity contribution in [3.63, 3.8) is 0 Å². The van der Waals surface area contributed by atoms with Gasteiger partial charge < -0.3 is 5.32 Å². The second kappa shape index (κ2) is 7.92. The molecule has 0 heterocycles. The van der Waals surface area contributed by atoms with Crippen LogP contribution in [0.15, 0.2) is 87.8 Å². The lowest BCUT2D eigenvalue weighted by Crippen LogP contribution is -2.23. The molecule has 0 saturated heterocycles. The smallest absolute Gasteiger partial charge is 0.282 e. The second-order valence-corrected chi connectivity index (χ2v) is 8.89. The van der Waals surface area contributed by atoms with Crippen LogP contribution in [0.3, 0.4) is 0 Å². The fourth-order valence-electron chi connectivity index (χ4n) is 3.30. The third kappa shape index (κ3) is 4.18. The molecule has 3 aromatic rings. The third-order valence-electron chi connectivity index (χ3n) is 4.97. The van der Waals surface area contributed by atoms with E-state index in [1.54, 1.807) is 24.3 Å². The zero-order valence-corrected chi connectivity index (χ0v) is 17.7. The van der Waals surface area contributed by atoms with E-state index in [4.69, 9.17) is 0 Å². The van der Waals surface area contributed by atoms with Crippen LogP contribution in [0.1, 0.15) is 27.0 Å². The standard InChI is InChI=1S/C24H19FN2O3S/c1-15-7-8-16(2)21(13-15)26-23-14-22(19-5-3-4-6-20(19)24(23)28)27-31(29,30)18-11-9-17(25)10-12-18/h3-14,26H,1-2H3/b27-22+. The predicted molar refractivity (Wildman–Crippen MR) is 119 cm³/mol. The summed E-state index contributed by atoms with van der Waals surface area (Å²) in [5, 5.41) is 3.13. The molecule has 0 saturated carbocycles. The Morgan fingerprint density at radius 3 is 2.29 bits per heavy atom. The van der Waals surface area contributed by atoms with Crippen LogP contribution in [0.5, 0.6) is 0 Å². The van der Waals surface area contributed by atoms with Gasteiger partial charge in [-0.1, -0.05) is 36.4 Å². The number of halogens is 1. The zero-order chi connectivity index (χ0) is 22.2. The minimum absolute atomic E-state index is 0.131. The van der Waals surface area contributed by atoms with Crippen molar-refractivity contribution in [2.45, 2.75) is 18.7 Å². The molecule has 0 spiro atoms. The van der Waals surface area contributed by atoms with Gasteiger partial charge in [-0.2, -0.15) is 12.8 Å². The van der Waals surface area contributed by atoms with Crippen molar-refractivity contribution in [2.75, 3.05) is 5.32 Å². The summed E-state index contributed by atoms with van der Waals surface area (Å²) in [6.07, 6.45) is 1.44. The highest BCUT2D eigenvalue weighted by Crippen LogP contribution is 2.26. The Morgan fingerprint density at radius 2 is 1.58 bits per heavy atom.